The number of thiophene rings is 1. The van der Waals surface area contributed by atoms with Crippen LogP contribution in [-0.4, -0.2) is 26.4 Å². The molecule has 8 nitrogen and oxygen atoms in total. The van der Waals surface area contributed by atoms with Crippen molar-refractivity contribution in [1.82, 2.24) is 9.55 Å². The Kier molecular flexibility index (Phi) is 8.21. The normalized spacial score (nSPS) is 11.8. The molecule has 0 aliphatic heterocycles. The van der Waals surface area contributed by atoms with Gasteiger partial charge in [0.2, 0.25) is 0 Å². The summed E-state index contributed by atoms with van der Waals surface area (Å²) in [5.74, 6) is -2.32. The highest BCUT2D eigenvalue weighted by Gasteiger charge is 2.22. The van der Waals surface area contributed by atoms with Crippen LogP contribution in [0.15, 0.2) is 93.8 Å². The van der Waals surface area contributed by atoms with Crippen molar-refractivity contribution in [2.45, 2.75) is 25.8 Å². The van der Waals surface area contributed by atoms with Gasteiger partial charge in [-0.2, -0.15) is 0 Å². The lowest BCUT2D eigenvalue weighted by atomic mass is 9.95. The molecule has 0 bridgehead atoms. The fourth-order valence-corrected chi connectivity index (χ4v) is 5.41. The second-order valence-electron chi connectivity index (χ2n) is 9.72. The van der Waals surface area contributed by atoms with Gasteiger partial charge in [0.05, 0.1) is 22.5 Å². The number of aromatic nitrogens is 2. The minimum absolute atomic E-state index is 0.0468. The highest BCUT2D eigenvalue weighted by atomic mass is 32.1. The number of carbonyl (C=O) groups is 2. The summed E-state index contributed by atoms with van der Waals surface area (Å²) < 4.78 is 14.2. The maximum absolute atomic E-state index is 13.2. The van der Waals surface area contributed by atoms with Gasteiger partial charge in [0, 0.05) is 30.0 Å². The van der Waals surface area contributed by atoms with Crippen molar-refractivity contribution >= 4 is 39.7 Å². The van der Waals surface area contributed by atoms with Crippen LogP contribution in [0.3, 0.4) is 0 Å². The van der Waals surface area contributed by atoms with Gasteiger partial charge in [0.25, 0.3) is 5.56 Å². The number of benzene rings is 3. The zero-order valence-electron chi connectivity index (χ0n) is 21.8. The number of carboxylic acid groups (broad SMARTS) is 1. The molecule has 1 atom stereocenters. The first kappa shape index (κ1) is 27.7. The van der Waals surface area contributed by atoms with Crippen LogP contribution in [0.25, 0.3) is 16.6 Å². The number of rotatable bonds is 11. The smallest absolute Gasteiger partial charge is 0.333 e. The summed E-state index contributed by atoms with van der Waals surface area (Å²) in [6, 6.07) is 21.3. The van der Waals surface area contributed by atoms with Gasteiger partial charge in [-0.05, 0) is 71.5 Å². The molecular formula is C31H26FN3O5S. The summed E-state index contributed by atoms with van der Waals surface area (Å²) in [4.78, 5) is 54.1. The number of fused-ring (bicyclic) bond motifs is 1. The largest absolute Gasteiger partial charge is 0.481 e. The van der Waals surface area contributed by atoms with E-state index >= 15 is 0 Å². The van der Waals surface area contributed by atoms with Crippen LogP contribution in [0.5, 0.6) is 0 Å². The molecular weight excluding hydrogens is 545 g/mol. The number of hydrogen-bond acceptors (Lipinski definition) is 6. The molecule has 0 aliphatic carbocycles. The molecule has 0 aliphatic rings. The first-order valence-corrected chi connectivity index (χ1v) is 13.8. The quantitative estimate of drug-likeness (QED) is 0.207. The van der Waals surface area contributed by atoms with E-state index in [2.05, 4.69) is 10.3 Å². The van der Waals surface area contributed by atoms with Crippen molar-refractivity contribution in [3.8, 4) is 5.69 Å². The molecule has 41 heavy (non-hydrogen) atoms. The van der Waals surface area contributed by atoms with Crippen LogP contribution >= 0.6 is 11.3 Å². The van der Waals surface area contributed by atoms with Gasteiger partial charge in [0.1, 0.15) is 11.6 Å². The Labute approximate surface area is 237 Å². The minimum atomic E-state index is -1.01. The van der Waals surface area contributed by atoms with Crippen LogP contribution in [0, 0.1) is 11.7 Å². The molecule has 5 rings (SSSR count). The molecule has 0 saturated carbocycles. The van der Waals surface area contributed by atoms with Crippen molar-refractivity contribution in [1.29, 1.82) is 0 Å². The lowest BCUT2D eigenvalue weighted by Gasteiger charge is -2.11. The van der Waals surface area contributed by atoms with Gasteiger partial charge in [-0.1, -0.05) is 30.3 Å². The summed E-state index contributed by atoms with van der Waals surface area (Å²) >= 11 is 1.46. The van der Waals surface area contributed by atoms with Crippen molar-refractivity contribution in [3.63, 3.8) is 0 Å². The fraction of sp³-hybridized carbons (Fsp3) is 0.161. The van der Waals surface area contributed by atoms with Gasteiger partial charge in [0.15, 0.2) is 0 Å². The molecule has 3 N–H and O–H groups in total. The Hall–Kier alpha value is -4.83. The van der Waals surface area contributed by atoms with E-state index < -0.39 is 23.1 Å². The maximum Gasteiger partial charge on any atom is 0.333 e. The fourth-order valence-electron chi connectivity index (χ4n) is 4.62. The summed E-state index contributed by atoms with van der Waals surface area (Å²) in [7, 11) is 0. The first-order valence-electron chi connectivity index (χ1n) is 12.9. The van der Waals surface area contributed by atoms with E-state index in [1.807, 2.05) is 17.5 Å². The lowest BCUT2D eigenvalue weighted by Crippen LogP contribution is -2.33. The average Bonchev–Trinajstić information content (AvgIpc) is 3.46. The van der Waals surface area contributed by atoms with Crippen LogP contribution in [0.4, 0.5) is 10.1 Å². The van der Waals surface area contributed by atoms with E-state index in [1.165, 1.54) is 23.5 Å². The Bertz CT molecular complexity index is 1810. The van der Waals surface area contributed by atoms with Crippen LogP contribution in [-0.2, 0) is 29.0 Å². The molecule has 5 aromatic rings. The van der Waals surface area contributed by atoms with E-state index in [0.29, 0.717) is 40.8 Å². The van der Waals surface area contributed by atoms with Gasteiger partial charge < -0.3 is 15.4 Å². The second kappa shape index (κ2) is 12.1. The van der Waals surface area contributed by atoms with E-state index in [0.717, 1.165) is 15.0 Å². The topological polar surface area (TPSA) is 121 Å². The Balaban J connectivity index is 1.28. The number of nitrogens with one attached hydrogen (secondary N) is 2. The number of nitrogens with zero attached hydrogens (tertiary/aromatic N) is 1. The molecule has 0 radical (unpaired) electrons. The van der Waals surface area contributed by atoms with Gasteiger partial charge in [-0.25, -0.2) is 13.8 Å². The predicted octanol–water partition coefficient (Wildman–Crippen LogP) is 4.94. The van der Waals surface area contributed by atoms with E-state index in [4.69, 9.17) is 0 Å². The monoisotopic (exact) mass is 571 g/mol. The summed E-state index contributed by atoms with van der Waals surface area (Å²) in [5.41, 5.74) is 1.83. The summed E-state index contributed by atoms with van der Waals surface area (Å²) in [5, 5.41) is 14.9. The molecule has 0 spiro atoms. The van der Waals surface area contributed by atoms with Gasteiger partial charge in [-0.15, -0.1) is 11.3 Å². The van der Waals surface area contributed by atoms with Crippen LogP contribution in [0.2, 0.25) is 0 Å². The molecule has 0 saturated heterocycles. The number of Topliss-reactive ketones (excluding diaryl/α,β-unsaturated/α-hetero) is 1. The highest BCUT2D eigenvalue weighted by Crippen LogP contribution is 2.20. The van der Waals surface area contributed by atoms with Gasteiger partial charge >= 0.3 is 11.7 Å². The van der Waals surface area contributed by atoms with E-state index in [-0.39, 0.29) is 24.4 Å². The number of hydrogen-bond donors (Lipinski definition) is 3. The zero-order valence-corrected chi connectivity index (χ0v) is 22.6. The van der Waals surface area contributed by atoms with Gasteiger partial charge in [-0.3, -0.25) is 14.4 Å². The predicted molar refractivity (Wildman–Crippen MR) is 156 cm³/mol. The maximum atomic E-state index is 13.2. The van der Waals surface area contributed by atoms with Crippen LogP contribution in [0.1, 0.15) is 22.4 Å². The second-order valence-corrected chi connectivity index (χ2v) is 10.7. The third kappa shape index (κ3) is 6.67. The third-order valence-electron chi connectivity index (χ3n) is 6.75. The molecule has 208 valence electrons. The lowest BCUT2D eigenvalue weighted by molar-refractivity contribution is -0.143. The Morgan fingerprint density at radius 3 is 2.39 bits per heavy atom. The standard InChI is InChI=1S/C31H26FN3O5S/c32-22-7-3-20(4-8-22)18-33-23-9-12-27-28(17-23)34-31(40)35(29(27)37)24-10-5-19(6-11-24)14-25(36)15-21(30(38)39)16-26-2-1-13-41-26/h1-13,17,21,33H,14-16,18H2,(H,34,40)(H,38,39). The zero-order chi connectivity index (χ0) is 28.9. The number of carboxylic acids is 1. The number of aromatic amines is 1. The molecule has 1 unspecified atom stereocenters. The Morgan fingerprint density at radius 2 is 1.71 bits per heavy atom. The highest BCUT2D eigenvalue weighted by molar-refractivity contribution is 7.09. The average molecular weight is 572 g/mol. The molecule has 2 heterocycles. The SMILES string of the molecule is O=C(Cc1ccc(-n2c(=O)[nH]c3cc(NCc4ccc(F)cc4)ccc3c2=O)cc1)CC(Cc1cccs1)C(=O)O. The Morgan fingerprint density at radius 1 is 0.976 bits per heavy atom. The van der Waals surface area contributed by atoms with Crippen LogP contribution < -0.4 is 16.6 Å². The van der Waals surface area contributed by atoms with Crippen molar-refractivity contribution in [2.75, 3.05) is 5.32 Å². The van der Waals surface area contributed by atoms with Crippen molar-refractivity contribution in [3.05, 3.63) is 127 Å². The molecule has 2 aromatic heterocycles. The number of carbonyl (C=O) groups excluding carboxylic acids is 1. The number of ketones is 1. The van der Waals surface area contributed by atoms with E-state index in [9.17, 15) is 28.7 Å². The summed E-state index contributed by atoms with van der Waals surface area (Å²) in [6.07, 6.45) is 0.266. The number of H-pyrrole nitrogens is 1. The number of anilines is 1. The third-order valence-corrected chi connectivity index (χ3v) is 7.65. The molecule has 10 heteroatoms. The molecule has 0 amide bonds. The first-order chi connectivity index (χ1) is 19.8. The summed E-state index contributed by atoms with van der Waals surface area (Å²) in [6.45, 7) is 0.438. The molecule has 0 fully saturated rings. The molecule has 3 aromatic carbocycles. The van der Waals surface area contributed by atoms with Crippen molar-refractivity contribution < 1.29 is 19.1 Å². The minimum Gasteiger partial charge on any atom is -0.481 e. The number of aliphatic carboxylic acids is 1. The van der Waals surface area contributed by atoms with E-state index in [1.54, 1.807) is 54.6 Å². The number of halogens is 1. The van der Waals surface area contributed by atoms with Crippen molar-refractivity contribution in [2.24, 2.45) is 5.92 Å².